The molecule has 0 bridgehead atoms. The number of hydrogen-bond donors (Lipinski definition) is 6. The molecular formula is C39H48N6O8. The van der Waals surface area contributed by atoms with Gasteiger partial charge in [-0.25, -0.2) is 0 Å². The van der Waals surface area contributed by atoms with Crippen molar-refractivity contribution in [2.75, 3.05) is 39.5 Å². The van der Waals surface area contributed by atoms with E-state index in [9.17, 15) is 29.1 Å². The number of morpholine rings is 1. The van der Waals surface area contributed by atoms with E-state index in [0.717, 1.165) is 36.3 Å². The summed E-state index contributed by atoms with van der Waals surface area (Å²) in [6, 6.07) is 19.6. The number of para-hydroxylation sites is 1. The minimum Gasteiger partial charge on any atom is -0.493 e. The molecule has 0 saturated carbocycles. The summed E-state index contributed by atoms with van der Waals surface area (Å²) in [6.45, 7) is 5.76. The summed E-state index contributed by atoms with van der Waals surface area (Å²) >= 11 is 0. The van der Waals surface area contributed by atoms with Crippen LogP contribution in [0.4, 0.5) is 0 Å². The molecule has 2 heterocycles. The van der Waals surface area contributed by atoms with Gasteiger partial charge in [-0.05, 0) is 42.2 Å². The van der Waals surface area contributed by atoms with Crippen molar-refractivity contribution in [3.05, 3.63) is 101 Å². The van der Waals surface area contributed by atoms with Gasteiger partial charge in [0.05, 0.1) is 37.9 Å². The van der Waals surface area contributed by atoms with E-state index in [2.05, 4.69) is 31.5 Å². The van der Waals surface area contributed by atoms with E-state index in [-0.39, 0.29) is 37.4 Å². The first kappa shape index (κ1) is 38.9. The maximum Gasteiger partial charge on any atom is 0.255 e. The monoisotopic (exact) mass is 728 g/mol. The van der Waals surface area contributed by atoms with E-state index in [1.807, 2.05) is 54.6 Å². The maximum atomic E-state index is 13.6. The molecule has 2 aliphatic rings. The molecule has 14 heteroatoms. The van der Waals surface area contributed by atoms with E-state index in [1.54, 1.807) is 24.3 Å². The molecular weight excluding hydrogens is 680 g/mol. The Kier molecular flexibility index (Phi) is 14.3. The fraction of sp³-hybridized carbons (Fsp3) is 0.410. The zero-order valence-electron chi connectivity index (χ0n) is 29.8. The summed E-state index contributed by atoms with van der Waals surface area (Å²) in [4.78, 5) is 69.8. The summed E-state index contributed by atoms with van der Waals surface area (Å²) in [6.07, 6.45) is -1.36. The number of amides is 5. The summed E-state index contributed by atoms with van der Waals surface area (Å²) < 4.78 is 11.3. The molecule has 1 fully saturated rings. The molecule has 1 saturated heterocycles. The van der Waals surface area contributed by atoms with Crippen molar-refractivity contribution < 1.29 is 38.6 Å². The van der Waals surface area contributed by atoms with Crippen LogP contribution in [0.5, 0.6) is 5.75 Å². The van der Waals surface area contributed by atoms with Crippen LogP contribution in [-0.2, 0) is 43.4 Å². The lowest BCUT2D eigenvalue weighted by Crippen LogP contribution is -2.58. The molecule has 5 rings (SSSR count). The first-order valence-corrected chi connectivity index (χ1v) is 17.9. The van der Waals surface area contributed by atoms with Crippen LogP contribution >= 0.6 is 0 Å². The van der Waals surface area contributed by atoms with Crippen molar-refractivity contribution in [1.29, 1.82) is 0 Å². The summed E-state index contributed by atoms with van der Waals surface area (Å²) in [5.74, 6) is -3.04. The Balaban J connectivity index is 1.33. The van der Waals surface area contributed by atoms with Crippen LogP contribution in [0.1, 0.15) is 46.8 Å². The molecule has 3 aromatic carbocycles. The Morgan fingerprint density at radius 2 is 1.55 bits per heavy atom. The largest absolute Gasteiger partial charge is 0.493 e. The molecule has 3 aromatic rings. The van der Waals surface area contributed by atoms with Gasteiger partial charge in [0.1, 0.15) is 23.9 Å². The van der Waals surface area contributed by atoms with Gasteiger partial charge in [0.2, 0.25) is 23.6 Å². The molecule has 282 valence electrons. The van der Waals surface area contributed by atoms with E-state index in [1.165, 1.54) is 6.92 Å². The van der Waals surface area contributed by atoms with Gasteiger partial charge in [0, 0.05) is 39.1 Å². The van der Waals surface area contributed by atoms with Crippen LogP contribution < -0.4 is 31.3 Å². The number of rotatable bonds is 8. The second-order valence-electron chi connectivity index (χ2n) is 13.2. The summed E-state index contributed by atoms with van der Waals surface area (Å²) in [5, 5.41) is 24.0. The van der Waals surface area contributed by atoms with Gasteiger partial charge in [0.25, 0.3) is 5.91 Å². The Labute approximate surface area is 309 Å². The summed E-state index contributed by atoms with van der Waals surface area (Å²) in [7, 11) is 0. The number of hydrogen-bond acceptors (Lipinski definition) is 9. The molecule has 14 nitrogen and oxygen atoms in total. The van der Waals surface area contributed by atoms with Crippen molar-refractivity contribution >= 4 is 29.5 Å². The second kappa shape index (κ2) is 19.5. The third-order valence-electron chi connectivity index (χ3n) is 9.02. The van der Waals surface area contributed by atoms with Crippen molar-refractivity contribution in [1.82, 2.24) is 31.5 Å². The number of ether oxygens (including phenoxy) is 2. The average Bonchev–Trinajstić information content (AvgIpc) is 3.16. The molecule has 5 amide bonds. The Bertz CT molecular complexity index is 1700. The van der Waals surface area contributed by atoms with Gasteiger partial charge >= 0.3 is 0 Å². The smallest absolute Gasteiger partial charge is 0.255 e. The lowest BCUT2D eigenvalue weighted by Gasteiger charge is -2.26. The van der Waals surface area contributed by atoms with Crippen molar-refractivity contribution in [2.24, 2.45) is 0 Å². The number of fused-ring (bicyclic) bond motifs is 1. The molecule has 2 aliphatic heterocycles. The number of carbonyl (C=O) groups excluding carboxylic acids is 5. The highest BCUT2D eigenvalue weighted by atomic mass is 16.5. The molecule has 0 aliphatic carbocycles. The van der Waals surface area contributed by atoms with Crippen LogP contribution in [0, 0.1) is 0 Å². The number of aliphatic hydroxyl groups excluding tert-OH is 1. The highest BCUT2D eigenvalue weighted by Gasteiger charge is 2.32. The van der Waals surface area contributed by atoms with Crippen LogP contribution in [0.3, 0.4) is 0 Å². The van der Waals surface area contributed by atoms with Gasteiger partial charge in [-0.3, -0.25) is 28.9 Å². The number of carbonyl (C=O) groups is 5. The number of aliphatic hydroxyl groups is 1. The van der Waals surface area contributed by atoms with Crippen molar-refractivity contribution in [2.45, 2.75) is 63.5 Å². The average molecular weight is 729 g/mol. The van der Waals surface area contributed by atoms with Gasteiger partial charge in [-0.1, -0.05) is 66.7 Å². The highest BCUT2D eigenvalue weighted by Crippen LogP contribution is 2.19. The van der Waals surface area contributed by atoms with Crippen LogP contribution in [-0.4, -0.2) is 103 Å². The minimum absolute atomic E-state index is 0.133. The predicted molar refractivity (Wildman–Crippen MR) is 196 cm³/mol. The fourth-order valence-electron chi connectivity index (χ4n) is 6.05. The zero-order chi connectivity index (χ0) is 37.6. The van der Waals surface area contributed by atoms with Gasteiger partial charge < -0.3 is 41.2 Å². The van der Waals surface area contributed by atoms with E-state index in [0.29, 0.717) is 19.6 Å². The van der Waals surface area contributed by atoms with Crippen molar-refractivity contribution in [3.8, 4) is 5.75 Å². The Morgan fingerprint density at radius 1 is 0.849 bits per heavy atom. The summed E-state index contributed by atoms with van der Waals surface area (Å²) in [5.41, 5.74) is 2.88. The van der Waals surface area contributed by atoms with E-state index >= 15 is 0 Å². The van der Waals surface area contributed by atoms with E-state index < -0.39 is 60.2 Å². The van der Waals surface area contributed by atoms with Crippen LogP contribution in [0.25, 0.3) is 0 Å². The lowest BCUT2D eigenvalue weighted by molar-refractivity contribution is -0.135. The minimum atomic E-state index is -1.46. The molecule has 6 N–H and O–H groups in total. The van der Waals surface area contributed by atoms with E-state index in [4.69, 9.17) is 9.47 Å². The number of benzene rings is 3. The Morgan fingerprint density at radius 3 is 2.28 bits per heavy atom. The first-order valence-electron chi connectivity index (χ1n) is 17.9. The highest BCUT2D eigenvalue weighted by molar-refractivity contribution is 6.01. The SMILES string of the molecule is C[C@@H](O)[C@@H]1NC(=O)C[C@@H](C(=O)NCc2ccc(CN3CCOCC3)cc2)NC(=O)c2ccccc2OCCCNC(=O)[C@H](Cc2ccccc2)NC1=O. The zero-order valence-corrected chi connectivity index (χ0v) is 29.8. The third-order valence-corrected chi connectivity index (χ3v) is 9.02. The normalized spacial score (nSPS) is 21.6. The van der Waals surface area contributed by atoms with Gasteiger partial charge in [0.15, 0.2) is 0 Å². The first-order chi connectivity index (χ1) is 25.7. The topological polar surface area (TPSA) is 187 Å². The number of nitrogens with one attached hydrogen (secondary N) is 5. The second-order valence-corrected chi connectivity index (χ2v) is 13.2. The lowest BCUT2D eigenvalue weighted by atomic mass is 10.0. The standard InChI is InChI=1S/C39H48N6O8/c1-26(46)35-39(51)43-31(22-27-8-3-2-4-9-27)37(49)40-16-7-19-53-33-11-6-5-10-30(33)36(48)42-32(23-34(47)44-35)38(50)41-24-28-12-14-29(15-13-28)25-45-17-20-52-21-18-45/h2-6,8-15,26,31-32,35,46H,7,16-25H2,1H3,(H,40,49)(H,41,50)(H,42,48)(H,43,51)(H,44,47)/t26-,31+,32+,35+/m1/s1. The Hall–Kier alpha value is -5.31. The van der Waals surface area contributed by atoms with Crippen molar-refractivity contribution in [3.63, 3.8) is 0 Å². The molecule has 4 atom stereocenters. The van der Waals surface area contributed by atoms with Crippen LogP contribution in [0.2, 0.25) is 0 Å². The third kappa shape index (κ3) is 11.9. The molecule has 0 spiro atoms. The van der Waals surface area contributed by atoms with Crippen LogP contribution in [0.15, 0.2) is 78.9 Å². The molecule has 53 heavy (non-hydrogen) atoms. The molecule has 0 radical (unpaired) electrons. The molecule has 0 aromatic heterocycles. The van der Waals surface area contributed by atoms with Gasteiger partial charge in [-0.15, -0.1) is 0 Å². The number of nitrogens with zero attached hydrogens (tertiary/aromatic N) is 1. The quantitative estimate of drug-likeness (QED) is 0.195. The molecule has 0 unspecified atom stereocenters. The predicted octanol–water partition coefficient (Wildman–Crippen LogP) is 0.816. The fourth-order valence-corrected chi connectivity index (χ4v) is 6.05. The maximum absolute atomic E-state index is 13.6. The van der Waals surface area contributed by atoms with Gasteiger partial charge in [-0.2, -0.15) is 0 Å².